The number of anilines is 1. The molecule has 4 nitrogen and oxygen atoms in total. The first kappa shape index (κ1) is 7.08. The summed E-state index contributed by atoms with van der Waals surface area (Å²) in [5.74, 6) is 0.794. The normalized spacial score (nSPS) is 10.7. The van der Waals surface area contributed by atoms with E-state index in [1.807, 2.05) is 19.0 Å². The van der Waals surface area contributed by atoms with Crippen molar-refractivity contribution in [2.75, 3.05) is 19.8 Å². The van der Waals surface area contributed by atoms with E-state index in [0.29, 0.717) is 0 Å². The summed E-state index contributed by atoms with van der Waals surface area (Å²) >= 11 is 0. The predicted octanol–water partition coefficient (Wildman–Crippen LogP) is 0.318. The lowest BCUT2D eigenvalue weighted by molar-refractivity contribution is 0.354. The lowest BCUT2D eigenvalue weighted by Gasteiger charge is -2.04. The predicted molar refractivity (Wildman–Crippen MR) is 38.3 cm³/mol. The Bertz CT molecular complexity index is 207. The van der Waals surface area contributed by atoms with Crippen molar-refractivity contribution in [2.45, 2.75) is 6.54 Å². The molecule has 0 atom stereocenters. The lowest BCUT2D eigenvalue weighted by Crippen LogP contribution is -2.09. The number of nitrogens with zero attached hydrogens (tertiary/aromatic N) is 2. The number of oxazole rings is 1. The summed E-state index contributed by atoms with van der Waals surface area (Å²) in [4.78, 5) is 5.74. The molecule has 2 N–H and O–H groups in total. The van der Waals surface area contributed by atoms with Crippen LogP contribution in [0.4, 0.5) is 6.01 Å². The minimum atomic E-state index is 0.233. The smallest absolute Gasteiger partial charge is 0.292 e. The second-order valence-electron chi connectivity index (χ2n) is 2.40. The quantitative estimate of drug-likeness (QED) is 0.644. The van der Waals surface area contributed by atoms with Crippen LogP contribution in [0.2, 0.25) is 0 Å². The molecule has 1 heterocycles. The maximum atomic E-state index is 5.26. The SMILES string of the molecule is CN(C)Cc1cnc(N)o1. The fourth-order valence-corrected chi connectivity index (χ4v) is 0.707. The number of nitrogens with two attached hydrogens (primary N) is 1. The van der Waals surface area contributed by atoms with Crippen LogP contribution in [0.1, 0.15) is 5.76 Å². The Labute approximate surface area is 59.6 Å². The zero-order valence-corrected chi connectivity index (χ0v) is 6.16. The van der Waals surface area contributed by atoms with Crippen molar-refractivity contribution in [1.29, 1.82) is 0 Å². The van der Waals surface area contributed by atoms with Crippen molar-refractivity contribution in [1.82, 2.24) is 9.88 Å². The van der Waals surface area contributed by atoms with E-state index in [1.54, 1.807) is 6.20 Å². The maximum absolute atomic E-state index is 5.26. The van der Waals surface area contributed by atoms with Crippen LogP contribution in [0, 0.1) is 0 Å². The van der Waals surface area contributed by atoms with Crippen molar-refractivity contribution >= 4 is 6.01 Å². The van der Waals surface area contributed by atoms with E-state index in [1.165, 1.54) is 0 Å². The van der Waals surface area contributed by atoms with Gasteiger partial charge in [0, 0.05) is 0 Å². The summed E-state index contributed by atoms with van der Waals surface area (Å²) in [6.45, 7) is 0.740. The summed E-state index contributed by atoms with van der Waals surface area (Å²) in [5.41, 5.74) is 5.26. The highest BCUT2D eigenvalue weighted by atomic mass is 16.4. The van der Waals surface area contributed by atoms with Gasteiger partial charge in [0.2, 0.25) is 0 Å². The van der Waals surface area contributed by atoms with Crippen LogP contribution in [0.5, 0.6) is 0 Å². The Balaban J connectivity index is 2.58. The van der Waals surface area contributed by atoms with Gasteiger partial charge in [-0.1, -0.05) is 0 Å². The monoisotopic (exact) mass is 141 g/mol. The van der Waals surface area contributed by atoms with Crippen molar-refractivity contribution in [2.24, 2.45) is 0 Å². The highest BCUT2D eigenvalue weighted by Crippen LogP contribution is 2.05. The molecule has 0 bridgehead atoms. The average Bonchev–Trinajstić information content (AvgIpc) is 2.13. The van der Waals surface area contributed by atoms with E-state index in [0.717, 1.165) is 12.3 Å². The van der Waals surface area contributed by atoms with Gasteiger partial charge in [0.05, 0.1) is 12.7 Å². The molecule has 1 aromatic rings. The largest absolute Gasteiger partial charge is 0.428 e. The average molecular weight is 141 g/mol. The summed E-state index contributed by atoms with van der Waals surface area (Å²) in [7, 11) is 3.91. The Morgan fingerprint density at radius 1 is 1.70 bits per heavy atom. The maximum Gasteiger partial charge on any atom is 0.292 e. The zero-order chi connectivity index (χ0) is 7.56. The van der Waals surface area contributed by atoms with Crippen LogP contribution in [-0.4, -0.2) is 24.0 Å². The summed E-state index contributed by atoms with van der Waals surface area (Å²) < 4.78 is 5.02. The molecule has 0 fully saturated rings. The van der Waals surface area contributed by atoms with Crippen LogP contribution in [0.3, 0.4) is 0 Å². The number of nitrogen functional groups attached to an aromatic ring is 1. The van der Waals surface area contributed by atoms with Gasteiger partial charge in [-0.25, -0.2) is 4.98 Å². The Kier molecular flexibility index (Phi) is 1.91. The number of hydrogen-bond donors (Lipinski definition) is 1. The van der Waals surface area contributed by atoms with Crippen molar-refractivity contribution in [3.8, 4) is 0 Å². The van der Waals surface area contributed by atoms with Gasteiger partial charge in [0.1, 0.15) is 5.76 Å². The molecule has 4 heteroatoms. The van der Waals surface area contributed by atoms with E-state index in [-0.39, 0.29) is 6.01 Å². The Morgan fingerprint density at radius 3 is 2.80 bits per heavy atom. The van der Waals surface area contributed by atoms with Crippen LogP contribution >= 0.6 is 0 Å². The van der Waals surface area contributed by atoms with E-state index in [9.17, 15) is 0 Å². The third-order valence-corrected chi connectivity index (χ3v) is 1.04. The molecule has 1 aromatic heterocycles. The first-order valence-electron chi connectivity index (χ1n) is 3.03. The lowest BCUT2D eigenvalue weighted by atomic mass is 10.5. The summed E-state index contributed by atoms with van der Waals surface area (Å²) in [6, 6.07) is 0.233. The van der Waals surface area contributed by atoms with Gasteiger partial charge in [0.25, 0.3) is 6.01 Å². The first-order chi connectivity index (χ1) is 4.68. The van der Waals surface area contributed by atoms with Gasteiger partial charge in [-0.05, 0) is 14.1 Å². The molecule has 0 spiro atoms. The molecular weight excluding hydrogens is 130 g/mol. The molecule has 0 unspecified atom stereocenters. The molecule has 0 aliphatic rings. The molecule has 0 aliphatic carbocycles. The van der Waals surface area contributed by atoms with Crippen LogP contribution in [0.25, 0.3) is 0 Å². The molecule has 0 saturated carbocycles. The second kappa shape index (κ2) is 2.70. The minimum absolute atomic E-state index is 0.233. The van der Waals surface area contributed by atoms with Crippen LogP contribution < -0.4 is 5.73 Å². The standard InChI is InChI=1S/C6H11N3O/c1-9(2)4-5-3-8-6(7)10-5/h3H,4H2,1-2H3,(H2,7,8). The fourth-order valence-electron chi connectivity index (χ4n) is 0.707. The summed E-state index contributed by atoms with van der Waals surface area (Å²) in [5, 5.41) is 0. The highest BCUT2D eigenvalue weighted by molar-refractivity contribution is 5.10. The molecule has 0 amide bonds. The molecule has 0 saturated heterocycles. The third kappa shape index (κ3) is 1.73. The van der Waals surface area contributed by atoms with Gasteiger partial charge in [-0.2, -0.15) is 0 Å². The first-order valence-corrected chi connectivity index (χ1v) is 3.03. The fraction of sp³-hybridized carbons (Fsp3) is 0.500. The zero-order valence-electron chi connectivity index (χ0n) is 6.16. The molecular formula is C6H11N3O. The molecule has 0 aliphatic heterocycles. The van der Waals surface area contributed by atoms with E-state index in [2.05, 4.69) is 4.98 Å². The number of hydrogen-bond acceptors (Lipinski definition) is 4. The van der Waals surface area contributed by atoms with Crippen molar-refractivity contribution in [3.05, 3.63) is 12.0 Å². The van der Waals surface area contributed by atoms with Crippen molar-refractivity contribution < 1.29 is 4.42 Å². The van der Waals surface area contributed by atoms with Crippen molar-refractivity contribution in [3.63, 3.8) is 0 Å². The van der Waals surface area contributed by atoms with E-state index >= 15 is 0 Å². The minimum Gasteiger partial charge on any atom is -0.428 e. The Morgan fingerprint density at radius 2 is 2.40 bits per heavy atom. The summed E-state index contributed by atoms with van der Waals surface area (Å²) in [6.07, 6.45) is 1.63. The molecule has 0 radical (unpaired) electrons. The molecule has 56 valence electrons. The van der Waals surface area contributed by atoms with E-state index in [4.69, 9.17) is 10.2 Å². The van der Waals surface area contributed by atoms with Crippen LogP contribution in [0.15, 0.2) is 10.6 Å². The topological polar surface area (TPSA) is 55.3 Å². The number of rotatable bonds is 2. The van der Waals surface area contributed by atoms with Gasteiger partial charge < -0.3 is 15.1 Å². The Hall–Kier alpha value is -1.03. The molecule has 1 rings (SSSR count). The molecule has 10 heavy (non-hydrogen) atoms. The van der Waals surface area contributed by atoms with Gasteiger partial charge >= 0.3 is 0 Å². The molecule has 0 aromatic carbocycles. The van der Waals surface area contributed by atoms with Crippen LogP contribution in [-0.2, 0) is 6.54 Å². The second-order valence-corrected chi connectivity index (χ2v) is 2.40. The van der Waals surface area contributed by atoms with Gasteiger partial charge in [-0.15, -0.1) is 0 Å². The van der Waals surface area contributed by atoms with Gasteiger partial charge in [0.15, 0.2) is 0 Å². The third-order valence-electron chi connectivity index (χ3n) is 1.04. The van der Waals surface area contributed by atoms with E-state index < -0.39 is 0 Å². The number of aromatic nitrogens is 1. The highest BCUT2D eigenvalue weighted by Gasteiger charge is 1.99. The van der Waals surface area contributed by atoms with Gasteiger partial charge in [-0.3, -0.25) is 0 Å².